The van der Waals surface area contributed by atoms with Gasteiger partial charge in [-0.3, -0.25) is 0 Å². The third-order valence-corrected chi connectivity index (χ3v) is 2.19. The Labute approximate surface area is 97.8 Å². The predicted octanol–water partition coefficient (Wildman–Crippen LogP) is 2.83. The predicted molar refractivity (Wildman–Crippen MR) is 70.9 cm³/mol. The van der Waals surface area contributed by atoms with Gasteiger partial charge in [0.2, 0.25) is 0 Å². The van der Waals surface area contributed by atoms with E-state index in [1.807, 2.05) is 26.8 Å². The minimum absolute atomic E-state index is 0.159. The number of anilines is 1. The molecule has 3 N–H and O–H groups in total. The second-order valence-electron chi connectivity index (χ2n) is 5.06. The lowest BCUT2D eigenvalue weighted by atomic mass is 10.1. The molecule has 0 bridgehead atoms. The second kappa shape index (κ2) is 4.56. The summed E-state index contributed by atoms with van der Waals surface area (Å²) in [5.74, 6) is 0.463. The molecule has 0 heterocycles. The Bertz CT molecular complexity index is 380. The van der Waals surface area contributed by atoms with E-state index in [0.717, 1.165) is 5.69 Å². The molecular formula is C13H21N3. The Balaban J connectivity index is 2.93. The van der Waals surface area contributed by atoms with Gasteiger partial charge in [-0.05, 0) is 45.7 Å². The summed E-state index contributed by atoms with van der Waals surface area (Å²) in [6.45, 7) is 10.2. The fourth-order valence-corrected chi connectivity index (χ4v) is 1.53. The Morgan fingerprint density at radius 1 is 1.19 bits per heavy atom. The van der Waals surface area contributed by atoms with Crippen LogP contribution in [-0.4, -0.2) is 11.5 Å². The number of para-hydroxylation sites is 1. The minimum atomic E-state index is -0.159. The maximum atomic E-state index is 5.87. The van der Waals surface area contributed by atoms with Crippen molar-refractivity contribution < 1.29 is 0 Å². The summed E-state index contributed by atoms with van der Waals surface area (Å²) in [6.07, 6.45) is 0. The molecule has 1 aromatic carbocycles. The van der Waals surface area contributed by atoms with Crippen LogP contribution in [0.25, 0.3) is 0 Å². The molecular weight excluding hydrogens is 198 g/mol. The first-order valence-corrected chi connectivity index (χ1v) is 5.48. The van der Waals surface area contributed by atoms with Gasteiger partial charge in [-0.25, -0.2) is 4.99 Å². The molecule has 0 spiro atoms. The van der Waals surface area contributed by atoms with E-state index >= 15 is 0 Å². The Kier molecular flexibility index (Phi) is 3.58. The summed E-state index contributed by atoms with van der Waals surface area (Å²) in [5, 5.41) is 3.16. The topological polar surface area (TPSA) is 50.4 Å². The minimum Gasteiger partial charge on any atom is -0.370 e. The summed E-state index contributed by atoms with van der Waals surface area (Å²) >= 11 is 0. The number of benzene rings is 1. The number of nitrogens with zero attached hydrogens (tertiary/aromatic N) is 1. The van der Waals surface area contributed by atoms with Crippen molar-refractivity contribution in [2.45, 2.75) is 40.2 Å². The smallest absolute Gasteiger partial charge is 0.193 e. The van der Waals surface area contributed by atoms with Crippen LogP contribution in [0.5, 0.6) is 0 Å². The van der Waals surface area contributed by atoms with E-state index in [2.05, 4.69) is 36.3 Å². The fourth-order valence-electron chi connectivity index (χ4n) is 1.53. The molecule has 0 saturated heterocycles. The summed E-state index contributed by atoms with van der Waals surface area (Å²) in [5.41, 5.74) is 9.10. The molecule has 0 aliphatic rings. The van der Waals surface area contributed by atoms with Crippen LogP contribution >= 0.6 is 0 Å². The molecule has 3 nitrogen and oxygen atoms in total. The molecule has 0 fully saturated rings. The molecule has 16 heavy (non-hydrogen) atoms. The van der Waals surface area contributed by atoms with Crippen molar-refractivity contribution in [2.75, 3.05) is 5.32 Å². The van der Waals surface area contributed by atoms with Crippen molar-refractivity contribution in [1.29, 1.82) is 0 Å². The van der Waals surface area contributed by atoms with Crippen LogP contribution < -0.4 is 11.1 Å². The molecule has 0 atom stereocenters. The van der Waals surface area contributed by atoms with Crippen LogP contribution in [0.2, 0.25) is 0 Å². The second-order valence-corrected chi connectivity index (χ2v) is 5.06. The van der Waals surface area contributed by atoms with Gasteiger partial charge in [0.05, 0.1) is 5.54 Å². The van der Waals surface area contributed by atoms with Crippen molar-refractivity contribution in [3.63, 3.8) is 0 Å². The van der Waals surface area contributed by atoms with Gasteiger partial charge < -0.3 is 11.1 Å². The molecule has 0 unspecified atom stereocenters. The van der Waals surface area contributed by atoms with E-state index in [1.54, 1.807) is 0 Å². The number of hydrogen-bond acceptors (Lipinski definition) is 1. The molecule has 0 aliphatic heterocycles. The van der Waals surface area contributed by atoms with Crippen LogP contribution in [-0.2, 0) is 0 Å². The van der Waals surface area contributed by atoms with Gasteiger partial charge in [-0.1, -0.05) is 18.2 Å². The van der Waals surface area contributed by atoms with Crippen molar-refractivity contribution in [2.24, 2.45) is 10.7 Å². The highest BCUT2D eigenvalue weighted by molar-refractivity contribution is 5.94. The van der Waals surface area contributed by atoms with Gasteiger partial charge in [0.15, 0.2) is 5.96 Å². The van der Waals surface area contributed by atoms with E-state index < -0.39 is 0 Å². The lowest BCUT2D eigenvalue weighted by Crippen LogP contribution is -2.28. The van der Waals surface area contributed by atoms with Gasteiger partial charge >= 0.3 is 0 Å². The van der Waals surface area contributed by atoms with Crippen LogP contribution in [0.1, 0.15) is 31.9 Å². The summed E-state index contributed by atoms with van der Waals surface area (Å²) in [7, 11) is 0. The molecule has 1 aromatic rings. The number of hydrogen-bond donors (Lipinski definition) is 2. The van der Waals surface area contributed by atoms with E-state index in [-0.39, 0.29) is 5.54 Å². The molecule has 3 heteroatoms. The van der Waals surface area contributed by atoms with Crippen molar-refractivity contribution in [3.8, 4) is 0 Å². The monoisotopic (exact) mass is 219 g/mol. The third kappa shape index (κ3) is 3.57. The molecule has 0 saturated carbocycles. The zero-order chi connectivity index (χ0) is 12.3. The van der Waals surface area contributed by atoms with Crippen LogP contribution in [0.4, 0.5) is 5.69 Å². The SMILES string of the molecule is Cc1cccc(C)c1NC(N)=NC(C)(C)C. The maximum absolute atomic E-state index is 5.87. The molecule has 1 rings (SSSR count). The first kappa shape index (κ1) is 12.6. The highest BCUT2D eigenvalue weighted by Crippen LogP contribution is 2.19. The summed E-state index contributed by atoms with van der Waals surface area (Å²) in [6, 6.07) is 6.15. The standard InChI is InChI=1S/C13H21N3/c1-9-7-6-8-10(2)11(9)15-12(14)16-13(3,4)5/h6-8H,1-5H3,(H3,14,15,16). The highest BCUT2D eigenvalue weighted by atomic mass is 15.1. The van der Waals surface area contributed by atoms with E-state index in [4.69, 9.17) is 5.73 Å². The molecule has 0 aromatic heterocycles. The van der Waals surface area contributed by atoms with Gasteiger partial charge in [0.25, 0.3) is 0 Å². The Morgan fingerprint density at radius 2 is 1.69 bits per heavy atom. The van der Waals surface area contributed by atoms with Crippen LogP contribution in [0.15, 0.2) is 23.2 Å². The third-order valence-electron chi connectivity index (χ3n) is 2.19. The first-order chi connectivity index (χ1) is 7.29. The van der Waals surface area contributed by atoms with Gasteiger partial charge in [-0.2, -0.15) is 0 Å². The largest absolute Gasteiger partial charge is 0.370 e. The quantitative estimate of drug-likeness (QED) is 0.563. The lowest BCUT2D eigenvalue weighted by molar-refractivity contribution is 0.583. The highest BCUT2D eigenvalue weighted by Gasteiger charge is 2.09. The lowest BCUT2D eigenvalue weighted by Gasteiger charge is -2.16. The number of aryl methyl sites for hydroxylation is 2. The number of rotatable bonds is 1. The Hall–Kier alpha value is -1.51. The number of nitrogens with one attached hydrogen (secondary N) is 1. The normalized spacial score (nSPS) is 12.7. The fraction of sp³-hybridized carbons (Fsp3) is 0.462. The summed E-state index contributed by atoms with van der Waals surface area (Å²) in [4.78, 5) is 4.37. The van der Waals surface area contributed by atoms with E-state index in [9.17, 15) is 0 Å². The molecule has 88 valence electrons. The van der Waals surface area contributed by atoms with Crippen LogP contribution in [0, 0.1) is 13.8 Å². The summed E-state index contributed by atoms with van der Waals surface area (Å²) < 4.78 is 0. The first-order valence-electron chi connectivity index (χ1n) is 5.48. The van der Waals surface area contributed by atoms with Crippen LogP contribution in [0.3, 0.4) is 0 Å². The zero-order valence-electron chi connectivity index (χ0n) is 10.8. The van der Waals surface area contributed by atoms with Crippen molar-refractivity contribution in [3.05, 3.63) is 29.3 Å². The molecule has 0 amide bonds. The van der Waals surface area contributed by atoms with E-state index in [1.165, 1.54) is 11.1 Å². The number of nitrogens with two attached hydrogens (primary N) is 1. The van der Waals surface area contributed by atoms with Crippen molar-refractivity contribution >= 4 is 11.6 Å². The van der Waals surface area contributed by atoms with Gasteiger partial charge in [0.1, 0.15) is 0 Å². The van der Waals surface area contributed by atoms with Gasteiger partial charge in [0, 0.05) is 5.69 Å². The van der Waals surface area contributed by atoms with Crippen molar-refractivity contribution in [1.82, 2.24) is 0 Å². The molecule has 0 aliphatic carbocycles. The van der Waals surface area contributed by atoms with E-state index in [0.29, 0.717) is 5.96 Å². The zero-order valence-corrected chi connectivity index (χ0v) is 10.8. The number of guanidine groups is 1. The van der Waals surface area contributed by atoms with Gasteiger partial charge in [-0.15, -0.1) is 0 Å². The Morgan fingerprint density at radius 3 is 2.12 bits per heavy atom. The maximum Gasteiger partial charge on any atom is 0.193 e. The average Bonchev–Trinajstić information content (AvgIpc) is 2.08. The average molecular weight is 219 g/mol. The number of aliphatic imine (C=N–C) groups is 1. The molecule has 0 radical (unpaired) electrons.